The van der Waals surface area contributed by atoms with E-state index >= 15 is 0 Å². The lowest BCUT2D eigenvalue weighted by Gasteiger charge is -2.31. The second-order valence-electron chi connectivity index (χ2n) is 9.60. The summed E-state index contributed by atoms with van der Waals surface area (Å²) in [5, 5.41) is 13.5. The second kappa shape index (κ2) is 12.5. The van der Waals surface area contributed by atoms with E-state index < -0.39 is 79.9 Å². The molecule has 0 saturated heterocycles. The number of carboxylic acids is 1. The van der Waals surface area contributed by atoms with E-state index in [1.807, 2.05) is 0 Å². The second-order valence-corrected chi connectivity index (χ2v) is 10.8. The Labute approximate surface area is 260 Å². The van der Waals surface area contributed by atoms with Crippen molar-refractivity contribution in [2.24, 2.45) is 0 Å². The first-order valence-corrected chi connectivity index (χ1v) is 13.4. The molecule has 0 aliphatic carbocycles. The number of hydrogen-bond donors (Lipinski definition) is 3. The van der Waals surface area contributed by atoms with Gasteiger partial charge in [0.2, 0.25) is 0 Å². The number of carbonyl (C=O) groups excluding carboxylic acids is 2. The van der Waals surface area contributed by atoms with E-state index in [2.05, 4.69) is 5.32 Å². The Kier molecular flexibility index (Phi) is 9.86. The van der Waals surface area contributed by atoms with Crippen LogP contribution in [0.2, 0.25) is 0 Å². The molecule has 0 spiro atoms. The number of hydrogen-bond acceptors (Lipinski definition) is 3. The van der Waals surface area contributed by atoms with Gasteiger partial charge in [0.15, 0.2) is 0 Å². The van der Waals surface area contributed by atoms with Gasteiger partial charge in [0.05, 0.1) is 17.2 Å². The van der Waals surface area contributed by atoms with Crippen LogP contribution in [0, 0.1) is 10.5 Å². The van der Waals surface area contributed by atoms with Crippen LogP contribution in [0.5, 0.6) is 0 Å². The fourth-order valence-corrected chi connectivity index (χ4v) is 5.03. The zero-order valence-corrected chi connectivity index (χ0v) is 24.8. The monoisotopic (exact) mass is 764 g/mol. The van der Waals surface area contributed by atoms with Crippen LogP contribution >= 0.6 is 22.6 Å². The predicted octanol–water partition coefficient (Wildman–Crippen LogP) is 8.60. The smallest absolute Gasteiger partial charge is 0.435 e. The molecule has 3 aromatic rings. The Bertz CT molecular complexity index is 1640. The summed E-state index contributed by atoms with van der Waals surface area (Å²) in [4.78, 5) is 37.2. The van der Waals surface area contributed by atoms with Crippen molar-refractivity contribution in [1.82, 2.24) is 0 Å². The number of alkyl halides is 10. The summed E-state index contributed by atoms with van der Waals surface area (Å²) >= 11 is 0.934. The van der Waals surface area contributed by atoms with E-state index in [9.17, 15) is 63.4 Å². The normalized spacial score (nSPS) is 13.3. The van der Waals surface area contributed by atoms with Crippen molar-refractivity contribution >= 4 is 51.7 Å². The number of amides is 2. The molecule has 0 aliphatic rings. The molecule has 3 aromatic carbocycles. The van der Waals surface area contributed by atoms with Gasteiger partial charge in [0, 0.05) is 25.9 Å². The fraction of sp³-hybridized carbons (Fsp3) is 0.250. The van der Waals surface area contributed by atoms with Gasteiger partial charge in [-0.25, -0.2) is 4.39 Å². The summed E-state index contributed by atoms with van der Waals surface area (Å²) in [5.41, 5.74) is -11.6. The molecule has 0 aromatic heterocycles. The maximum atomic E-state index is 14.6. The molecular weight excluding hydrogens is 745 g/mol. The van der Waals surface area contributed by atoms with Crippen molar-refractivity contribution in [2.75, 3.05) is 10.6 Å². The van der Waals surface area contributed by atoms with Gasteiger partial charge in [-0.05, 0) is 84.0 Å². The van der Waals surface area contributed by atoms with Crippen LogP contribution in [0.1, 0.15) is 55.8 Å². The Morgan fingerprint density at radius 3 is 1.91 bits per heavy atom. The lowest BCUT2D eigenvalue weighted by atomic mass is 9.92. The fourth-order valence-electron chi connectivity index (χ4n) is 4.27. The van der Waals surface area contributed by atoms with Gasteiger partial charge in [-0.1, -0.05) is 18.2 Å². The van der Waals surface area contributed by atoms with Crippen LogP contribution < -0.4 is 10.6 Å². The maximum Gasteiger partial charge on any atom is 0.435 e. The summed E-state index contributed by atoms with van der Waals surface area (Å²) in [5.74, 6) is -4.14. The van der Waals surface area contributed by atoms with E-state index in [1.165, 1.54) is 44.2 Å². The van der Waals surface area contributed by atoms with E-state index in [0.29, 0.717) is 11.1 Å². The molecule has 242 valence electrons. The summed E-state index contributed by atoms with van der Waals surface area (Å²) < 4.78 is 134. The first kappa shape index (κ1) is 35.6. The Morgan fingerprint density at radius 2 is 1.38 bits per heavy atom. The maximum absolute atomic E-state index is 14.6. The number of halogens is 11. The van der Waals surface area contributed by atoms with Crippen molar-refractivity contribution in [3.05, 3.63) is 91.5 Å². The molecule has 17 heteroatoms. The highest BCUT2D eigenvalue weighted by atomic mass is 127. The molecule has 6 nitrogen and oxygen atoms in total. The molecular formula is C28H19F10IN2O4. The SMILES string of the molecule is Cc1c(C(=O)Nc2cccc(C(=O)Nc3c(I)cc(C(F)(C(F)(F)F)C(F)(F)F)cc3C(F)(F)F)c2)cccc1C(C)C(=O)O. The van der Waals surface area contributed by atoms with Gasteiger partial charge in [0.1, 0.15) is 0 Å². The minimum atomic E-state index is -6.68. The van der Waals surface area contributed by atoms with Crippen molar-refractivity contribution in [3.63, 3.8) is 0 Å². The number of anilines is 2. The molecule has 0 saturated carbocycles. The summed E-state index contributed by atoms with van der Waals surface area (Å²) in [6.45, 7) is 2.92. The van der Waals surface area contributed by atoms with Gasteiger partial charge < -0.3 is 15.7 Å². The van der Waals surface area contributed by atoms with Gasteiger partial charge in [0.25, 0.3) is 11.8 Å². The molecule has 0 heterocycles. The summed E-state index contributed by atoms with van der Waals surface area (Å²) in [7, 11) is 0. The van der Waals surface area contributed by atoms with Crippen molar-refractivity contribution in [1.29, 1.82) is 0 Å². The lowest BCUT2D eigenvalue weighted by Crippen LogP contribution is -2.50. The number of carboxylic acid groups (broad SMARTS) is 1. The third-order valence-electron chi connectivity index (χ3n) is 6.65. The van der Waals surface area contributed by atoms with Gasteiger partial charge >= 0.3 is 30.2 Å². The lowest BCUT2D eigenvalue weighted by molar-refractivity contribution is -0.348. The third-order valence-corrected chi connectivity index (χ3v) is 7.50. The zero-order chi connectivity index (χ0) is 34.3. The average Bonchev–Trinajstić information content (AvgIpc) is 2.91. The molecule has 1 unspecified atom stereocenters. The van der Waals surface area contributed by atoms with Gasteiger partial charge in [-0.2, -0.15) is 39.5 Å². The quantitative estimate of drug-likeness (QED) is 0.166. The highest BCUT2D eigenvalue weighted by molar-refractivity contribution is 14.1. The highest BCUT2D eigenvalue weighted by Gasteiger charge is 2.73. The van der Waals surface area contributed by atoms with Crippen molar-refractivity contribution in [2.45, 2.75) is 44.0 Å². The van der Waals surface area contributed by atoms with E-state index in [4.69, 9.17) is 0 Å². The number of rotatable bonds is 7. The largest absolute Gasteiger partial charge is 0.481 e. The van der Waals surface area contributed by atoms with Gasteiger partial charge in [-0.15, -0.1) is 0 Å². The zero-order valence-electron chi connectivity index (χ0n) is 22.6. The minimum Gasteiger partial charge on any atom is -0.481 e. The first-order chi connectivity index (χ1) is 20.5. The molecule has 0 radical (unpaired) electrons. The van der Waals surface area contributed by atoms with Crippen LogP contribution in [0.25, 0.3) is 0 Å². The number of nitrogens with one attached hydrogen (secondary N) is 2. The molecule has 0 bridgehead atoms. The van der Waals surface area contributed by atoms with E-state index in [-0.39, 0.29) is 17.3 Å². The molecule has 0 aliphatic heterocycles. The van der Waals surface area contributed by atoms with E-state index in [0.717, 1.165) is 34.7 Å². The molecule has 2 amide bonds. The molecule has 45 heavy (non-hydrogen) atoms. The number of carbonyl (C=O) groups is 3. The topological polar surface area (TPSA) is 95.5 Å². The average molecular weight is 764 g/mol. The Hall–Kier alpha value is -3.90. The Balaban J connectivity index is 1.98. The van der Waals surface area contributed by atoms with Crippen LogP contribution in [-0.2, 0) is 16.6 Å². The standard InChI is InChI=1S/C28H19F10IN2O4/c1-12-17(13(2)24(44)45)7-4-8-18(12)23(43)40-16-6-3-5-14(9-16)22(42)41-21-19(26(30,31)32)10-15(11-20(21)39)25(29,27(33,34)35)28(36,37)38/h3-11,13H,1-2H3,(H,40,43)(H,41,42)(H,44,45). The summed E-state index contributed by atoms with van der Waals surface area (Å²) in [6.07, 6.45) is -19.0. The van der Waals surface area contributed by atoms with Crippen LogP contribution in [0.15, 0.2) is 54.6 Å². The summed E-state index contributed by atoms with van der Waals surface area (Å²) in [6, 6.07) is 8.18. The predicted molar refractivity (Wildman–Crippen MR) is 149 cm³/mol. The molecule has 3 N–H and O–H groups in total. The van der Waals surface area contributed by atoms with Crippen molar-refractivity contribution < 1.29 is 63.4 Å². The van der Waals surface area contributed by atoms with E-state index in [1.54, 1.807) is 5.32 Å². The van der Waals surface area contributed by atoms with Gasteiger partial charge in [-0.3, -0.25) is 14.4 Å². The molecule has 0 fully saturated rings. The first-order valence-electron chi connectivity index (χ1n) is 12.3. The molecule has 3 rings (SSSR count). The number of aliphatic carboxylic acids is 1. The van der Waals surface area contributed by atoms with Crippen molar-refractivity contribution in [3.8, 4) is 0 Å². The van der Waals surface area contributed by atoms with Crippen LogP contribution in [-0.4, -0.2) is 35.2 Å². The minimum absolute atomic E-state index is 0.0533. The third kappa shape index (κ3) is 7.17. The molecule has 1 atom stereocenters. The number of benzene rings is 3. The Morgan fingerprint density at radius 1 is 0.800 bits per heavy atom. The van der Waals surface area contributed by atoms with Crippen LogP contribution in [0.4, 0.5) is 55.3 Å². The van der Waals surface area contributed by atoms with Crippen LogP contribution in [0.3, 0.4) is 0 Å². The highest BCUT2D eigenvalue weighted by Crippen LogP contribution is 2.54.